The first kappa shape index (κ1) is 16.3. The van der Waals surface area contributed by atoms with Crippen LogP contribution in [-0.4, -0.2) is 13.5 Å². The maximum absolute atomic E-state index is 12.8. The number of rotatable bonds is 3. The molecule has 24 heavy (non-hydrogen) atoms. The Bertz CT molecular complexity index is 1040. The molecule has 4 nitrogen and oxygen atoms in total. The molecular formula is C19H19NO3S. The molecule has 0 radical (unpaired) electrons. The predicted octanol–water partition coefficient (Wildman–Crippen LogP) is 4.27. The number of fused-ring (bicyclic) bond motifs is 1. The molecule has 0 aromatic heterocycles. The van der Waals surface area contributed by atoms with E-state index >= 15 is 0 Å². The highest BCUT2D eigenvalue weighted by atomic mass is 32.2. The highest BCUT2D eigenvalue weighted by molar-refractivity contribution is 7.92. The molecular weight excluding hydrogens is 322 g/mol. The molecule has 0 aliphatic carbocycles. The van der Waals surface area contributed by atoms with E-state index in [0.29, 0.717) is 27.6 Å². The van der Waals surface area contributed by atoms with E-state index in [1.807, 2.05) is 25.1 Å². The lowest BCUT2D eigenvalue weighted by Crippen LogP contribution is -2.14. The maximum atomic E-state index is 12.8. The van der Waals surface area contributed by atoms with Gasteiger partial charge in [0.05, 0.1) is 10.6 Å². The van der Waals surface area contributed by atoms with Crippen LogP contribution < -0.4 is 4.72 Å². The van der Waals surface area contributed by atoms with E-state index in [1.54, 1.807) is 44.2 Å². The van der Waals surface area contributed by atoms with Gasteiger partial charge in [-0.3, -0.25) is 4.72 Å². The van der Waals surface area contributed by atoms with Crippen LogP contribution in [0.1, 0.15) is 16.7 Å². The largest absolute Gasteiger partial charge is 0.507 e. The maximum Gasteiger partial charge on any atom is 0.262 e. The number of aryl methyl sites for hydroxylation is 3. The van der Waals surface area contributed by atoms with Gasteiger partial charge >= 0.3 is 0 Å². The summed E-state index contributed by atoms with van der Waals surface area (Å²) >= 11 is 0. The second-order valence-electron chi connectivity index (χ2n) is 6.01. The Balaban J connectivity index is 2.14. The van der Waals surface area contributed by atoms with Crippen molar-refractivity contribution in [1.29, 1.82) is 0 Å². The van der Waals surface area contributed by atoms with Gasteiger partial charge in [-0.15, -0.1) is 0 Å². The SMILES string of the molecule is Cc1ccc(S(=O)(=O)Nc2cc(C)c(O)c3ccccc23)c(C)c1. The van der Waals surface area contributed by atoms with E-state index in [1.165, 1.54) is 0 Å². The van der Waals surface area contributed by atoms with Gasteiger partial charge in [-0.05, 0) is 44.0 Å². The van der Waals surface area contributed by atoms with Crippen molar-refractivity contribution in [2.75, 3.05) is 4.72 Å². The van der Waals surface area contributed by atoms with E-state index in [-0.39, 0.29) is 10.6 Å². The quantitative estimate of drug-likeness (QED) is 0.699. The molecule has 0 heterocycles. The van der Waals surface area contributed by atoms with Crippen molar-refractivity contribution in [1.82, 2.24) is 0 Å². The van der Waals surface area contributed by atoms with Crippen molar-refractivity contribution in [3.63, 3.8) is 0 Å². The van der Waals surface area contributed by atoms with Gasteiger partial charge in [-0.2, -0.15) is 0 Å². The molecule has 5 heteroatoms. The number of sulfonamides is 1. The molecule has 0 atom stereocenters. The summed E-state index contributed by atoms with van der Waals surface area (Å²) in [5.74, 6) is 0.167. The van der Waals surface area contributed by atoms with Crippen molar-refractivity contribution >= 4 is 26.5 Å². The van der Waals surface area contributed by atoms with Crippen LogP contribution in [0.25, 0.3) is 10.8 Å². The van der Waals surface area contributed by atoms with E-state index in [0.717, 1.165) is 5.56 Å². The molecule has 124 valence electrons. The lowest BCUT2D eigenvalue weighted by atomic mass is 10.0. The van der Waals surface area contributed by atoms with Crippen molar-refractivity contribution in [2.45, 2.75) is 25.7 Å². The number of aromatic hydroxyl groups is 1. The lowest BCUT2D eigenvalue weighted by Gasteiger charge is -2.15. The van der Waals surface area contributed by atoms with Crippen molar-refractivity contribution in [3.8, 4) is 5.75 Å². The molecule has 0 aliphatic heterocycles. The normalized spacial score (nSPS) is 11.6. The van der Waals surface area contributed by atoms with Gasteiger partial charge in [0.1, 0.15) is 5.75 Å². The zero-order valence-corrected chi connectivity index (χ0v) is 14.6. The molecule has 3 aromatic carbocycles. The number of benzene rings is 3. The van der Waals surface area contributed by atoms with Crippen molar-refractivity contribution < 1.29 is 13.5 Å². The Morgan fingerprint density at radius 2 is 1.54 bits per heavy atom. The third kappa shape index (κ3) is 2.83. The molecule has 0 bridgehead atoms. The topological polar surface area (TPSA) is 66.4 Å². The first-order valence-corrected chi connectivity index (χ1v) is 9.09. The first-order chi connectivity index (χ1) is 11.3. The number of hydrogen-bond acceptors (Lipinski definition) is 3. The Kier molecular flexibility index (Phi) is 3.97. The van der Waals surface area contributed by atoms with Crippen molar-refractivity contribution in [3.05, 3.63) is 65.2 Å². The smallest absolute Gasteiger partial charge is 0.262 e. The van der Waals surface area contributed by atoms with Gasteiger partial charge in [0.25, 0.3) is 10.0 Å². The summed E-state index contributed by atoms with van der Waals surface area (Å²) in [7, 11) is -3.71. The van der Waals surface area contributed by atoms with Gasteiger partial charge in [0.15, 0.2) is 0 Å². The van der Waals surface area contributed by atoms with Gasteiger partial charge in [0, 0.05) is 10.8 Å². The van der Waals surface area contributed by atoms with Crippen LogP contribution in [0.2, 0.25) is 0 Å². The number of nitrogens with one attached hydrogen (secondary N) is 1. The average molecular weight is 341 g/mol. The first-order valence-electron chi connectivity index (χ1n) is 7.61. The molecule has 0 saturated heterocycles. The molecule has 0 amide bonds. The summed E-state index contributed by atoms with van der Waals surface area (Å²) in [5.41, 5.74) is 2.78. The minimum absolute atomic E-state index is 0.167. The van der Waals surface area contributed by atoms with Crippen LogP contribution in [0, 0.1) is 20.8 Å². The van der Waals surface area contributed by atoms with Crippen LogP contribution in [0.3, 0.4) is 0 Å². The Morgan fingerprint density at radius 3 is 2.21 bits per heavy atom. The number of phenols is 1. The Hall–Kier alpha value is -2.53. The number of phenolic OH excluding ortho intramolecular Hbond substituents is 1. The molecule has 3 rings (SSSR count). The zero-order valence-electron chi connectivity index (χ0n) is 13.8. The average Bonchev–Trinajstić information content (AvgIpc) is 2.51. The minimum atomic E-state index is -3.71. The molecule has 0 unspecified atom stereocenters. The summed E-state index contributed by atoms with van der Waals surface area (Å²) in [4.78, 5) is 0.253. The Morgan fingerprint density at radius 1 is 0.875 bits per heavy atom. The fourth-order valence-corrected chi connectivity index (χ4v) is 4.18. The summed E-state index contributed by atoms with van der Waals surface area (Å²) in [6.07, 6.45) is 0. The van der Waals surface area contributed by atoms with Crippen LogP contribution in [0.15, 0.2) is 53.4 Å². The van der Waals surface area contributed by atoms with Crippen LogP contribution in [-0.2, 0) is 10.0 Å². The third-order valence-corrected chi connectivity index (χ3v) is 5.60. The fraction of sp³-hybridized carbons (Fsp3) is 0.158. The fourth-order valence-electron chi connectivity index (χ4n) is 2.88. The summed E-state index contributed by atoms with van der Waals surface area (Å²) in [6.45, 7) is 5.45. The number of hydrogen-bond donors (Lipinski definition) is 2. The lowest BCUT2D eigenvalue weighted by molar-refractivity contribution is 0.477. The van der Waals surface area contributed by atoms with E-state index in [4.69, 9.17) is 0 Å². The van der Waals surface area contributed by atoms with Gasteiger partial charge in [0.2, 0.25) is 0 Å². The Labute approximate surface area is 141 Å². The van der Waals surface area contributed by atoms with E-state index in [9.17, 15) is 13.5 Å². The highest BCUT2D eigenvalue weighted by Gasteiger charge is 2.19. The second kappa shape index (κ2) is 5.83. The van der Waals surface area contributed by atoms with Gasteiger partial charge in [-0.25, -0.2) is 8.42 Å². The molecule has 0 spiro atoms. The van der Waals surface area contributed by atoms with Crippen LogP contribution in [0.4, 0.5) is 5.69 Å². The molecule has 0 fully saturated rings. The predicted molar refractivity (Wildman–Crippen MR) is 97.1 cm³/mol. The standard InChI is InChI=1S/C19H19NO3S/c1-12-8-9-18(13(2)10-12)24(22,23)20-17-11-14(3)19(21)16-7-5-4-6-15(16)17/h4-11,20-21H,1-3H3. The van der Waals surface area contributed by atoms with E-state index < -0.39 is 10.0 Å². The molecule has 3 aromatic rings. The minimum Gasteiger partial charge on any atom is -0.507 e. The molecule has 0 aliphatic rings. The van der Waals surface area contributed by atoms with Crippen LogP contribution in [0.5, 0.6) is 5.75 Å². The van der Waals surface area contributed by atoms with E-state index in [2.05, 4.69) is 4.72 Å². The monoisotopic (exact) mass is 341 g/mol. The number of anilines is 1. The molecule has 0 saturated carbocycles. The second-order valence-corrected chi connectivity index (χ2v) is 7.66. The zero-order chi connectivity index (χ0) is 17.5. The summed E-state index contributed by atoms with van der Waals surface area (Å²) in [5, 5.41) is 11.5. The molecule has 2 N–H and O–H groups in total. The van der Waals surface area contributed by atoms with Crippen molar-refractivity contribution in [2.24, 2.45) is 0 Å². The van der Waals surface area contributed by atoms with Crippen LogP contribution >= 0.6 is 0 Å². The third-order valence-electron chi connectivity index (χ3n) is 4.07. The highest BCUT2D eigenvalue weighted by Crippen LogP contribution is 2.35. The summed E-state index contributed by atoms with van der Waals surface area (Å²) < 4.78 is 28.3. The summed E-state index contributed by atoms with van der Waals surface area (Å²) in [6, 6.07) is 14.1. The van der Waals surface area contributed by atoms with Gasteiger partial charge < -0.3 is 5.11 Å². The van der Waals surface area contributed by atoms with Gasteiger partial charge in [-0.1, -0.05) is 42.0 Å².